The fraction of sp³-hybridized carbons (Fsp3) is 0.406. The van der Waals surface area contributed by atoms with Crippen LogP contribution in [0.5, 0.6) is 11.5 Å². The number of benzene rings is 2. The number of ether oxygens (including phenoxy) is 2. The minimum absolute atomic E-state index is 0.00669. The van der Waals surface area contributed by atoms with E-state index in [-0.39, 0.29) is 24.2 Å². The molecule has 2 fully saturated rings. The molecule has 0 heterocycles. The topological polar surface area (TPSA) is 170 Å². The lowest BCUT2D eigenvalue weighted by Crippen LogP contribution is -2.71. The van der Waals surface area contributed by atoms with Gasteiger partial charge in [0.15, 0.2) is 34.7 Å². The molecule has 2 aromatic rings. The summed E-state index contributed by atoms with van der Waals surface area (Å²) in [5.41, 5.74) is 5.12. The number of primary amides is 1. The Bertz CT molecular complexity index is 1560. The van der Waals surface area contributed by atoms with E-state index in [1.165, 1.54) is 26.5 Å². The van der Waals surface area contributed by atoms with Crippen LogP contribution in [0.2, 0.25) is 0 Å². The summed E-state index contributed by atoms with van der Waals surface area (Å²) < 4.78 is 10.6. The summed E-state index contributed by atoms with van der Waals surface area (Å²) in [6.07, 6.45) is 3.43. The second kappa shape index (κ2) is 10.5. The van der Waals surface area contributed by atoms with E-state index >= 15 is 0 Å². The molecular weight excluding hydrogens is 542 g/mol. The number of rotatable bonds is 6. The number of aliphatic hydroxyl groups is 1. The zero-order chi connectivity index (χ0) is 30.7. The van der Waals surface area contributed by atoms with Crippen LogP contribution in [0.4, 0.5) is 0 Å². The lowest BCUT2D eigenvalue weighted by Gasteiger charge is -2.52. The van der Waals surface area contributed by atoms with Gasteiger partial charge in [-0.15, -0.1) is 0 Å². The van der Waals surface area contributed by atoms with Crippen molar-refractivity contribution in [1.29, 1.82) is 0 Å². The van der Waals surface area contributed by atoms with E-state index in [9.17, 15) is 34.2 Å². The summed E-state index contributed by atoms with van der Waals surface area (Å²) in [5, 5.41) is 22.6. The van der Waals surface area contributed by atoms with Gasteiger partial charge in [-0.1, -0.05) is 26.0 Å². The molecule has 3 aliphatic rings. The fourth-order valence-electron chi connectivity index (χ4n) is 7.29. The fourth-order valence-corrected chi connectivity index (χ4v) is 7.29. The van der Waals surface area contributed by atoms with E-state index in [2.05, 4.69) is 0 Å². The molecule has 2 unspecified atom stereocenters. The van der Waals surface area contributed by atoms with Crippen LogP contribution in [0, 0.1) is 35.5 Å². The third-order valence-electron chi connectivity index (χ3n) is 9.11. The predicted molar refractivity (Wildman–Crippen MR) is 150 cm³/mol. The van der Waals surface area contributed by atoms with Crippen molar-refractivity contribution in [3.05, 3.63) is 53.3 Å². The van der Waals surface area contributed by atoms with Gasteiger partial charge in [-0.3, -0.25) is 24.0 Å². The zero-order valence-corrected chi connectivity index (χ0v) is 23.7. The Morgan fingerprint density at radius 1 is 1.07 bits per heavy atom. The molecule has 2 aromatic carbocycles. The molecule has 2 saturated carbocycles. The van der Waals surface area contributed by atoms with Crippen molar-refractivity contribution in [2.45, 2.75) is 32.3 Å². The van der Waals surface area contributed by atoms with Crippen molar-refractivity contribution in [2.24, 2.45) is 41.2 Å². The number of ketones is 4. The van der Waals surface area contributed by atoms with Crippen LogP contribution in [0.15, 0.2) is 36.6 Å². The number of carbonyl (C=O) groups is 5. The van der Waals surface area contributed by atoms with Gasteiger partial charge in [0.1, 0.15) is 11.5 Å². The second-order valence-corrected chi connectivity index (χ2v) is 11.6. The number of aromatic hydroxyl groups is 1. The maximum atomic E-state index is 14.0. The standard InChI is InChI=1S/C32H33NO9/c1-14(2)23-20-13-16-12-19-17(18-11-15(9-10-41-3)5-8-22(18)42-4)6-7-21(34)25(19)28(36)24(16)29(37)32(20,40)30(38)26(27(23)35)31(33)39/h5-11,14,16,20,23-24,26,34,40H,12-13H2,1-4H3,(H2,33,39)/t16-,20-,23-,24?,26?,32-/m0/s1. The Morgan fingerprint density at radius 2 is 1.79 bits per heavy atom. The molecule has 6 atom stereocenters. The minimum Gasteiger partial charge on any atom is -0.507 e. The summed E-state index contributed by atoms with van der Waals surface area (Å²) in [6.45, 7) is 3.42. The van der Waals surface area contributed by atoms with Crippen LogP contribution in [-0.4, -0.2) is 59.1 Å². The third kappa shape index (κ3) is 4.15. The molecule has 0 bridgehead atoms. The molecule has 0 spiro atoms. The first-order valence-corrected chi connectivity index (χ1v) is 13.8. The van der Waals surface area contributed by atoms with Gasteiger partial charge < -0.3 is 25.4 Å². The summed E-state index contributed by atoms with van der Waals surface area (Å²) in [7, 11) is 3.04. The van der Waals surface area contributed by atoms with Crippen LogP contribution in [-0.2, 0) is 30.3 Å². The van der Waals surface area contributed by atoms with Crippen LogP contribution in [0.25, 0.3) is 17.2 Å². The van der Waals surface area contributed by atoms with Crippen LogP contribution in [0.1, 0.15) is 41.8 Å². The van der Waals surface area contributed by atoms with Crippen molar-refractivity contribution in [3.8, 4) is 22.6 Å². The molecule has 0 aliphatic heterocycles. The molecule has 42 heavy (non-hydrogen) atoms. The molecule has 220 valence electrons. The Kier molecular flexibility index (Phi) is 7.30. The quantitative estimate of drug-likeness (QED) is 0.346. The molecule has 0 aromatic heterocycles. The number of Topliss-reactive ketones (excluding diaryl/α,β-unsaturated/α-hetero) is 4. The van der Waals surface area contributed by atoms with Gasteiger partial charge in [-0.05, 0) is 65.6 Å². The Hall–Kier alpha value is -4.31. The summed E-state index contributed by atoms with van der Waals surface area (Å²) in [6, 6.07) is 8.47. The first-order chi connectivity index (χ1) is 19.9. The van der Waals surface area contributed by atoms with E-state index in [0.29, 0.717) is 22.4 Å². The lowest BCUT2D eigenvalue weighted by atomic mass is 9.49. The number of methoxy groups -OCH3 is 2. The first-order valence-electron chi connectivity index (χ1n) is 13.8. The zero-order valence-electron chi connectivity index (χ0n) is 23.7. The van der Waals surface area contributed by atoms with Crippen molar-refractivity contribution >= 4 is 35.1 Å². The van der Waals surface area contributed by atoms with E-state index in [4.69, 9.17) is 15.2 Å². The van der Waals surface area contributed by atoms with E-state index in [0.717, 1.165) is 5.56 Å². The van der Waals surface area contributed by atoms with Gasteiger partial charge in [0.25, 0.3) is 0 Å². The van der Waals surface area contributed by atoms with Crippen LogP contribution >= 0.6 is 0 Å². The van der Waals surface area contributed by atoms with Gasteiger partial charge in [0.05, 0.1) is 32.0 Å². The summed E-state index contributed by atoms with van der Waals surface area (Å²) in [4.78, 5) is 67.0. The van der Waals surface area contributed by atoms with Crippen molar-refractivity contribution in [1.82, 2.24) is 0 Å². The third-order valence-corrected chi connectivity index (χ3v) is 9.11. The molecule has 0 radical (unpaired) electrons. The van der Waals surface area contributed by atoms with Crippen molar-refractivity contribution in [3.63, 3.8) is 0 Å². The molecular formula is C32H33NO9. The number of carbonyl (C=O) groups excluding carboxylic acids is 5. The number of phenolic OH excluding ortho intramolecular Hbond substituents is 1. The van der Waals surface area contributed by atoms with Crippen LogP contribution < -0.4 is 10.5 Å². The molecule has 1 amide bonds. The van der Waals surface area contributed by atoms with Gasteiger partial charge in [-0.2, -0.15) is 0 Å². The number of nitrogens with two attached hydrogens (primary N) is 1. The highest BCUT2D eigenvalue weighted by atomic mass is 16.5. The first kappa shape index (κ1) is 29.2. The molecule has 0 saturated heterocycles. The van der Waals surface area contributed by atoms with Gasteiger partial charge in [-0.25, -0.2) is 0 Å². The van der Waals surface area contributed by atoms with E-state index in [1.54, 1.807) is 32.1 Å². The molecule has 3 aliphatic carbocycles. The maximum absolute atomic E-state index is 14.0. The van der Waals surface area contributed by atoms with Crippen LogP contribution in [0.3, 0.4) is 0 Å². The maximum Gasteiger partial charge on any atom is 0.235 e. The second-order valence-electron chi connectivity index (χ2n) is 11.6. The Morgan fingerprint density at radius 3 is 2.40 bits per heavy atom. The van der Waals surface area contributed by atoms with E-state index in [1.807, 2.05) is 12.1 Å². The SMILES string of the molecule is COC=Cc1ccc(OC)c(-c2ccc(O)c3c2C[C@H]2C[C@H]4[C@H](C(C)C)C(=O)C(C(N)=O)C(=O)[C@@]4(O)C(=O)C2C3=O)c1. The molecule has 10 heteroatoms. The van der Waals surface area contributed by atoms with Gasteiger partial charge in [0.2, 0.25) is 5.91 Å². The molecule has 5 rings (SSSR count). The van der Waals surface area contributed by atoms with Crippen molar-refractivity contribution in [2.75, 3.05) is 14.2 Å². The number of phenols is 1. The normalized spacial score (nSPS) is 28.9. The minimum atomic E-state index is -2.73. The number of hydrogen-bond donors (Lipinski definition) is 3. The number of amides is 1. The number of fused-ring (bicyclic) bond motifs is 3. The monoisotopic (exact) mass is 575 g/mol. The predicted octanol–water partition coefficient (Wildman–Crippen LogP) is 2.50. The van der Waals surface area contributed by atoms with E-state index < -0.39 is 70.1 Å². The summed E-state index contributed by atoms with van der Waals surface area (Å²) in [5.74, 6) is -11.5. The Balaban J connectivity index is 1.67. The van der Waals surface area contributed by atoms with Gasteiger partial charge >= 0.3 is 0 Å². The van der Waals surface area contributed by atoms with Gasteiger partial charge in [0, 0.05) is 17.4 Å². The smallest absolute Gasteiger partial charge is 0.235 e. The average molecular weight is 576 g/mol. The highest BCUT2D eigenvalue weighted by molar-refractivity contribution is 6.32. The van der Waals surface area contributed by atoms with Crippen molar-refractivity contribution < 1.29 is 43.7 Å². The average Bonchev–Trinajstić information content (AvgIpc) is 2.93. The molecule has 10 nitrogen and oxygen atoms in total. The summed E-state index contributed by atoms with van der Waals surface area (Å²) >= 11 is 0. The highest BCUT2D eigenvalue weighted by Crippen LogP contribution is 2.54. The molecule has 4 N–H and O–H groups in total. The largest absolute Gasteiger partial charge is 0.507 e. The Labute approximate surface area is 242 Å². The number of hydrogen-bond acceptors (Lipinski definition) is 9. The highest BCUT2D eigenvalue weighted by Gasteiger charge is 2.69. The lowest BCUT2D eigenvalue weighted by molar-refractivity contribution is -0.182.